The number of esters is 1. The van der Waals surface area contributed by atoms with E-state index in [1.807, 2.05) is 30.3 Å². The lowest BCUT2D eigenvalue weighted by molar-refractivity contribution is 0.0515. The summed E-state index contributed by atoms with van der Waals surface area (Å²) in [7, 11) is -3.98. The molecule has 1 aromatic heterocycles. The Morgan fingerprint density at radius 2 is 1.79 bits per heavy atom. The summed E-state index contributed by atoms with van der Waals surface area (Å²) in [5, 5.41) is 6.41. The minimum absolute atomic E-state index is 0.320. The lowest BCUT2D eigenvalue weighted by atomic mass is 10.3. The van der Waals surface area contributed by atoms with Gasteiger partial charge in [-0.25, -0.2) is 9.48 Å². The first-order valence-corrected chi connectivity index (χ1v) is 14.1. The summed E-state index contributed by atoms with van der Waals surface area (Å²) in [4.78, 5) is 12.3. The van der Waals surface area contributed by atoms with Crippen LogP contribution >= 0.6 is 7.14 Å². The Morgan fingerprint density at radius 1 is 1.21 bits per heavy atom. The van der Waals surface area contributed by atoms with Gasteiger partial charge >= 0.3 is 5.97 Å². The van der Waals surface area contributed by atoms with Gasteiger partial charge in [0.15, 0.2) is 5.69 Å². The molecule has 2 rings (SSSR count). The Morgan fingerprint density at radius 3 is 2.25 bits per heavy atom. The first-order valence-electron chi connectivity index (χ1n) is 7.97. The van der Waals surface area contributed by atoms with Crippen LogP contribution in [0.5, 0.6) is 0 Å². The fourth-order valence-corrected chi connectivity index (χ4v) is 4.08. The molecule has 0 radical (unpaired) electrons. The van der Waals surface area contributed by atoms with E-state index in [2.05, 4.69) is 24.7 Å². The molecule has 0 unspecified atom stereocenters. The number of nitrogens with zero attached hydrogens (tertiary/aromatic N) is 2. The highest BCUT2D eigenvalue weighted by Gasteiger charge is 2.26. The van der Waals surface area contributed by atoms with E-state index in [1.165, 1.54) is 0 Å². The molecule has 0 aliphatic heterocycles. The quantitative estimate of drug-likeness (QED) is 0.465. The lowest BCUT2D eigenvalue weighted by Gasteiger charge is -2.12. The van der Waals surface area contributed by atoms with Crippen LogP contribution in [0, 0.1) is 0 Å². The van der Waals surface area contributed by atoms with Crippen molar-refractivity contribution in [2.75, 3.05) is 19.9 Å². The molecule has 0 amide bonds. The SMILES string of the molecule is CCOC(=O)c1cc([Si](C)(C)C)nn1-c1ccc(P(C)(C)=O)cc1. The van der Waals surface area contributed by atoms with Crippen LogP contribution < -0.4 is 10.6 Å². The number of hydrogen-bond acceptors (Lipinski definition) is 4. The first-order chi connectivity index (χ1) is 11.0. The summed E-state index contributed by atoms with van der Waals surface area (Å²) in [6.45, 7) is 12.1. The van der Waals surface area contributed by atoms with Crippen molar-refractivity contribution in [2.24, 2.45) is 0 Å². The molecule has 1 aromatic carbocycles. The van der Waals surface area contributed by atoms with Crippen molar-refractivity contribution >= 4 is 31.8 Å². The third-order valence-electron chi connectivity index (χ3n) is 3.68. The van der Waals surface area contributed by atoms with Gasteiger partial charge in [0.05, 0.1) is 12.3 Å². The molecule has 0 bridgehead atoms. The van der Waals surface area contributed by atoms with Gasteiger partial charge in [0.2, 0.25) is 0 Å². The molecule has 2 aromatic rings. The molecular weight excluding hydrogens is 339 g/mol. The Kier molecular flexibility index (Phi) is 5.21. The van der Waals surface area contributed by atoms with Crippen LogP contribution in [0.15, 0.2) is 30.3 Å². The van der Waals surface area contributed by atoms with Crippen LogP contribution in [0.2, 0.25) is 19.6 Å². The van der Waals surface area contributed by atoms with Crippen molar-refractivity contribution in [1.29, 1.82) is 0 Å². The number of carbonyl (C=O) groups is 1. The molecule has 0 N–H and O–H groups in total. The molecule has 7 heteroatoms. The Balaban J connectivity index is 2.53. The average molecular weight is 364 g/mol. The molecule has 5 nitrogen and oxygen atoms in total. The Labute approximate surface area is 144 Å². The van der Waals surface area contributed by atoms with Gasteiger partial charge in [0, 0.05) is 10.6 Å². The molecule has 0 aliphatic rings. The normalized spacial score (nSPS) is 12.2. The van der Waals surface area contributed by atoms with E-state index in [0.717, 1.165) is 16.3 Å². The smallest absolute Gasteiger partial charge is 0.357 e. The van der Waals surface area contributed by atoms with Crippen LogP contribution in [0.4, 0.5) is 0 Å². The van der Waals surface area contributed by atoms with E-state index in [4.69, 9.17) is 4.74 Å². The summed E-state index contributed by atoms with van der Waals surface area (Å²) >= 11 is 0. The first kappa shape index (κ1) is 18.7. The van der Waals surface area contributed by atoms with Crippen LogP contribution in [-0.2, 0) is 9.30 Å². The van der Waals surface area contributed by atoms with Crippen molar-refractivity contribution in [2.45, 2.75) is 26.6 Å². The molecule has 0 saturated carbocycles. The predicted molar refractivity (Wildman–Crippen MR) is 102 cm³/mol. The highest BCUT2D eigenvalue weighted by Crippen LogP contribution is 2.34. The molecule has 0 spiro atoms. The van der Waals surface area contributed by atoms with Gasteiger partial charge in [-0.05, 0) is 50.6 Å². The topological polar surface area (TPSA) is 61.2 Å². The molecule has 0 fully saturated rings. The molecule has 24 heavy (non-hydrogen) atoms. The van der Waals surface area contributed by atoms with Crippen molar-refractivity contribution in [1.82, 2.24) is 9.78 Å². The van der Waals surface area contributed by atoms with E-state index in [-0.39, 0.29) is 5.97 Å². The molecule has 0 saturated heterocycles. The van der Waals surface area contributed by atoms with E-state index >= 15 is 0 Å². The molecule has 1 heterocycles. The van der Waals surface area contributed by atoms with Gasteiger partial charge in [-0.3, -0.25) is 0 Å². The molecule has 130 valence electrons. The zero-order valence-corrected chi connectivity index (χ0v) is 17.1. The number of ether oxygens (including phenoxy) is 1. The predicted octanol–water partition coefficient (Wildman–Crippen LogP) is 2.84. The third kappa shape index (κ3) is 4.05. The number of rotatable bonds is 5. The average Bonchev–Trinajstić information content (AvgIpc) is 2.92. The maximum atomic E-state index is 12.3. The molecule has 0 atom stereocenters. The van der Waals surface area contributed by atoms with Gasteiger partial charge in [-0.15, -0.1) is 0 Å². The second-order valence-electron chi connectivity index (χ2n) is 7.16. The van der Waals surface area contributed by atoms with Crippen LogP contribution in [0.3, 0.4) is 0 Å². The van der Waals surface area contributed by atoms with Crippen molar-refractivity contribution in [3.63, 3.8) is 0 Å². The van der Waals surface area contributed by atoms with Gasteiger partial charge in [0.1, 0.15) is 15.2 Å². The molecule has 0 aliphatic carbocycles. The molecular formula is C17H25N2O3PSi. The van der Waals surface area contributed by atoms with Gasteiger partial charge in [-0.1, -0.05) is 19.6 Å². The van der Waals surface area contributed by atoms with Crippen LogP contribution in [0.1, 0.15) is 17.4 Å². The van der Waals surface area contributed by atoms with Crippen molar-refractivity contribution < 1.29 is 14.1 Å². The van der Waals surface area contributed by atoms with E-state index in [0.29, 0.717) is 12.3 Å². The highest BCUT2D eigenvalue weighted by atomic mass is 31.2. The van der Waals surface area contributed by atoms with E-state index < -0.39 is 15.2 Å². The van der Waals surface area contributed by atoms with Gasteiger partial charge in [-0.2, -0.15) is 5.10 Å². The number of aromatic nitrogens is 2. The fraction of sp³-hybridized carbons (Fsp3) is 0.412. The largest absolute Gasteiger partial charge is 0.461 e. The maximum Gasteiger partial charge on any atom is 0.357 e. The van der Waals surface area contributed by atoms with Crippen molar-refractivity contribution in [3.8, 4) is 5.69 Å². The number of carbonyl (C=O) groups excluding carboxylic acids is 1. The summed E-state index contributed by atoms with van der Waals surface area (Å²) in [6.07, 6.45) is 0. The summed E-state index contributed by atoms with van der Waals surface area (Å²) < 4.78 is 19.0. The minimum atomic E-state index is -2.31. The van der Waals surface area contributed by atoms with Gasteiger partial charge < -0.3 is 9.30 Å². The van der Waals surface area contributed by atoms with Crippen LogP contribution in [-0.4, -0.2) is 43.8 Å². The van der Waals surface area contributed by atoms with E-state index in [9.17, 15) is 9.36 Å². The zero-order valence-electron chi connectivity index (χ0n) is 15.2. The Hall–Kier alpha value is -1.65. The minimum Gasteiger partial charge on any atom is -0.461 e. The summed E-state index contributed by atoms with van der Waals surface area (Å²) in [6, 6.07) is 9.20. The van der Waals surface area contributed by atoms with E-state index in [1.54, 1.807) is 24.9 Å². The van der Waals surface area contributed by atoms with Crippen molar-refractivity contribution in [3.05, 3.63) is 36.0 Å². The lowest BCUT2D eigenvalue weighted by Crippen LogP contribution is -2.39. The van der Waals surface area contributed by atoms with Gasteiger partial charge in [0.25, 0.3) is 0 Å². The standard InChI is InChI=1S/C17H25N2O3PSi/c1-7-22-17(20)15-12-16(24(4,5)6)18-19(15)13-8-10-14(11-9-13)23(2,3)21/h8-12H,7H2,1-6H3. The number of benzene rings is 1. The zero-order chi connectivity index (χ0) is 18.1. The summed E-state index contributed by atoms with van der Waals surface area (Å²) in [5.74, 6) is -0.379. The second kappa shape index (κ2) is 6.69. The van der Waals surface area contributed by atoms with Crippen LogP contribution in [0.25, 0.3) is 5.69 Å². The maximum absolute atomic E-state index is 12.3. The second-order valence-corrected chi connectivity index (χ2v) is 15.4. The third-order valence-corrected chi connectivity index (χ3v) is 7.00. The highest BCUT2D eigenvalue weighted by molar-refractivity contribution is 7.70. The summed E-state index contributed by atoms with van der Waals surface area (Å²) in [5.41, 5.74) is 1.19. The monoisotopic (exact) mass is 364 g/mol. The number of hydrogen-bond donors (Lipinski definition) is 0. The fourth-order valence-electron chi connectivity index (χ4n) is 2.25. The Bertz CT molecular complexity index is 785.